The lowest BCUT2D eigenvalue weighted by Crippen LogP contribution is -2.26. The van der Waals surface area contributed by atoms with Crippen molar-refractivity contribution < 1.29 is 38.5 Å². The van der Waals surface area contributed by atoms with Gasteiger partial charge in [0.15, 0.2) is 6.26 Å². The molecule has 1 unspecified atom stereocenters. The molecule has 0 aromatic heterocycles. The first-order valence-corrected chi connectivity index (χ1v) is 6.89. The molecule has 22 heavy (non-hydrogen) atoms. The second kappa shape index (κ2) is 17.7. The third-order valence-electron chi connectivity index (χ3n) is 2.14. The molecule has 0 saturated heterocycles. The second-order valence-electron chi connectivity index (χ2n) is 3.82. The predicted molar refractivity (Wildman–Crippen MR) is 77.5 cm³/mol. The van der Waals surface area contributed by atoms with Crippen molar-refractivity contribution in [2.24, 2.45) is 0 Å². The summed E-state index contributed by atoms with van der Waals surface area (Å²) in [6, 6.07) is 0. The summed E-state index contributed by atoms with van der Waals surface area (Å²) in [6.45, 7) is 4.03. The Labute approximate surface area is 131 Å². The van der Waals surface area contributed by atoms with Gasteiger partial charge in [-0.1, -0.05) is 0 Å². The van der Waals surface area contributed by atoms with Crippen molar-refractivity contribution in [2.45, 2.75) is 13.0 Å². The normalized spacial score (nSPS) is 12.9. The highest BCUT2D eigenvalue weighted by Crippen LogP contribution is 1.94. The maximum atomic E-state index is 5.38. The highest BCUT2D eigenvalue weighted by molar-refractivity contribution is 4.62. The number of rotatable bonds is 16. The zero-order valence-electron chi connectivity index (χ0n) is 13.4. The van der Waals surface area contributed by atoms with Gasteiger partial charge in [-0.25, -0.2) is 0 Å². The van der Waals surface area contributed by atoms with E-state index in [1.54, 1.807) is 13.2 Å². The molecule has 0 N–H and O–H groups in total. The summed E-state index contributed by atoms with van der Waals surface area (Å²) in [4.78, 5) is 19.0. The summed E-state index contributed by atoms with van der Waals surface area (Å²) >= 11 is 0. The molecule has 0 aromatic carbocycles. The average Bonchev–Trinajstić information content (AvgIpc) is 2.54. The quantitative estimate of drug-likeness (QED) is 0.183. The Bertz CT molecular complexity index is 270. The van der Waals surface area contributed by atoms with Gasteiger partial charge in [0.2, 0.25) is 0 Å². The van der Waals surface area contributed by atoms with E-state index < -0.39 is 0 Å². The predicted octanol–water partition coefficient (Wildman–Crippen LogP) is 1.58. The van der Waals surface area contributed by atoms with Crippen LogP contribution in [0.3, 0.4) is 0 Å². The summed E-state index contributed by atoms with van der Waals surface area (Å²) in [5.41, 5.74) is 0. The lowest BCUT2D eigenvalue weighted by Gasteiger charge is -2.15. The van der Waals surface area contributed by atoms with Crippen molar-refractivity contribution in [3.63, 3.8) is 0 Å². The fraction of sp³-hybridized carbons (Fsp3) is 0.714. The number of allylic oxidation sites excluding steroid dienone is 1. The molecular weight excluding hydrogens is 296 g/mol. The third-order valence-corrected chi connectivity index (χ3v) is 2.14. The van der Waals surface area contributed by atoms with E-state index in [2.05, 4.69) is 14.5 Å². The Kier molecular flexibility index (Phi) is 16.7. The van der Waals surface area contributed by atoms with Crippen molar-refractivity contribution >= 4 is 0 Å². The van der Waals surface area contributed by atoms with Crippen molar-refractivity contribution in [2.75, 3.05) is 53.9 Å². The molecule has 0 aliphatic heterocycles. The van der Waals surface area contributed by atoms with Gasteiger partial charge >= 0.3 is 0 Å². The van der Waals surface area contributed by atoms with Crippen molar-refractivity contribution in [1.29, 1.82) is 0 Å². The van der Waals surface area contributed by atoms with Gasteiger partial charge in [0, 0.05) is 7.11 Å². The summed E-state index contributed by atoms with van der Waals surface area (Å²) in [5, 5.41) is 0. The molecule has 0 rings (SSSR count). The van der Waals surface area contributed by atoms with Crippen LogP contribution in [0.25, 0.3) is 0 Å². The Balaban J connectivity index is 3.37. The Morgan fingerprint density at radius 2 is 1.36 bits per heavy atom. The molecule has 0 fully saturated rings. The molecule has 0 spiro atoms. The molecule has 0 radical (unpaired) electrons. The third kappa shape index (κ3) is 15.1. The monoisotopic (exact) mass is 322 g/mol. The van der Waals surface area contributed by atoms with Crippen LogP contribution in [0.1, 0.15) is 6.92 Å². The number of ether oxygens (including phenoxy) is 4. The van der Waals surface area contributed by atoms with Crippen LogP contribution < -0.4 is 0 Å². The molecule has 0 aliphatic rings. The van der Waals surface area contributed by atoms with Crippen LogP contribution in [-0.4, -0.2) is 60.0 Å². The summed E-state index contributed by atoms with van der Waals surface area (Å²) in [5.74, 6) is 0. The largest absolute Gasteiger partial charge is 0.501 e. The minimum absolute atomic E-state index is 0.161. The zero-order valence-corrected chi connectivity index (χ0v) is 13.4. The first-order valence-electron chi connectivity index (χ1n) is 6.89. The minimum Gasteiger partial charge on any atom is -0.501 e. The van der Waals surface area contributed by atoms with Gasteiger partial charge in [0.05, 0.1) is 33.5 Å². The molecule has 130 valence electrons. The molecule has 0 amide bonds. The molecular formula is C14H26O8. The van der Waals surface area contributed by atoms with Gasteiger partial charge in [0.1, 0.15) is 31.8 Å². The van der Waals surface area contributed by atoms with Crippen LogP contribution in [-0.2, 0) is 38.5 Å². The lowest BCUT2D eigenvalue weighted by atomic mass is 10.4. The smallest absolute Gasteiger partial charge is 0.163 e. The van der Waals surface area contributed by atoms with E-state index in [0.29, 0.717) is 39.6 Å². The van der Waals surface area contributed by atoms with E-state index in [1.165, 1.54) is 25.9 Å². The van der Waals surface area contributed by atoms with Gasteiger partial charge in [-0.2, -0.15) is 9.78 Å². The maximum absolute atomic E-state index is 5.38. The highest BCUT2D eigenvalue weighted by Gasteiger charge is 2.07. The minimum atomic E-state index is -0.161. The fourth-order valence-electron chi connectivity index (χ4n) is 1.11. The van der Waals surface area contributed by atoms with Gasteiger partial charge < -0.3 is 28.7 Å². The topological polar surface area (TPSA) is 73.8 Å². The van der Waals surface area contributed by atoms with E-state index >= 15 is 0 Å². The Morgan fingerprint density at radius 3 is 1.86 bits per heavy atom. The van der Waals surface area contributed by atoms with Crippen molar-refractivity contribution in [3.05, 3.63) is 24.9 Å². The number of hydrogen-bond acceptors (Lipinski definition) is 8. The zero-order chi connectivity index (χ0) is 16.3. The van der Waals surface area contributed by atoms with Crippen LogP contribution in [0.5, 0.6) is 0 Å². The number of hydrogen-bond donors (Lipinski definition) is 0. The van der Waals surface area contributed by atoms with Crippen LogP contribution >= 0.6 is 0 Å². The highest BCUT2D eigenvalue weighted by atomic mass is 17.2. The van der Waals surface area contributed by atoms with Gasteiger partial charge in [-0.3, -0.25) is 0 Å². The van der Waals surface area contributed by atoms with Gasteiger partial charge in [0.25, 0.3) is 0 Å². The van der Waals surface area contributed by atoms with Crippen LogP contribution in [0.15, 0.2) is 24.9 Å². The van der Waals surface area contributed by atoms with E-state index in [0.717, 1.165) is 0 Å². The number of methoxy groups -OCH3 is 2. The molecule has 8 heteroatoms. The molecule has 0 aliphatic carbocycles. The first-order chi connectivity index (χ1) is 10.8. The van der Waals surface area contributed by atoms with E-state index in [4.69, 9.17) is 24.0 Å². The van der Waals surface area contributed by atoms with E-state index in [-0.39, 0.29) is 6.10 Å². The maximum Gasteiger partial charge on any atom is 0.163 e. The van der Waals surface area contributed by atoms with Crippen LogP contribution in [0.2, 0.25) is 0 Å². The molecule has 0 heterocycles. The van der Waals surface area contributed by atoms with Crippen molar-refractivity contribution in [3.8, 4) is 0 Å². The Morgan fingerprint density at radius 1 is 0.773 bits per heavy atom. The molecule has 1 atom stereocenters. The van der Waals surface area contributed by atoms with E-state index in [9.17, 15) is 0 Å². The summed E-state index contributed by atoms with van der Waals surface area (Å²) < 4.78 is 20.6. The molecule has 0 aromatic rings. The Hall–Kier alpha value is -1.32. The van der Waals surface area contributed by atoms with Gasteiger partial charge in [-0.15, -0.1) is 0 Å². The molecule has 0 bridgehead atoms. The lowest BCUT2D eigenvalue weighted by molar-refractivity contribution is -0.258. The van der Waals surface area contributed by atoms with Crippen molar-refractivity contribution in [1.82, 2.24) is 0 Å². The molecule has 0 saturated carbocycles. The van der Waals surface area contributed by atoms with E-state index in [1.807, 2.05) is 6.92 Å². The average molecular weight is 322 g/mol. The fourth-order valence-corrected chi connectivity index (χ4v) is 1.11. The molecule has 8 nitrogen and oxygen atoms in total. The standard InChI is InChI=1S/C14H26O8/c1-4-5-19-21-10-7-17-12-14(16-3)13-18-8-11-22-20-9-6-15-2/h4-6,9,14H,7-8,10-13H2,1-3H3/b5-4+,9-6+. The van der Waals surface area contributed by atoms with Crippen LogP contribution in [0.4, 0.5) is 0 Å². The summed E-state index contributed by atoms with van der Waals surface area (Å²) in [7, 11) is 3.11. The van der Waals surface area contributed by atoms with Crippen LogP contribution in [0, 0.1) is 0 Å². The SMILES string of the molecule is C/C=C/OOCCOCC(COCCOO/C=C/OC)OC. The second-order valence-corrected chi connectivity index (χ2v) is 3.82. The van der Waals surface area contributed by atoms with Gasteiger partial charge in [-0.05, 0) is 13.0 Å². The summed E-state index contributed by atoms with van der Waals surface area (Å²) in [6.07, 6.45) is 5.65. The first kappa shape index (κ1) is 20.7.